The molecule has 60 valence electrons. The molecule has 10 heavy (non-hydrogen) atoms. The highest BCUT2D eigenvalue weighted by molar-refractivity contribution is 4.72. The van der Waals surface area contributed by atoms with Gasteiger partial charge in [0.2, 0.25) is 0 Å². The van der Waals surface area contributed by atoms with Crippen molar-refractivity contribution in [3.63, 3.8) is 0 Å². The van der Waals surface area contributed by atoms with E-state index >= 15 is 0 Å². The summed E-state index contributed by atoms with van der Waals surface area (Å²) in [6, 6.07) is 0. The minimum Gasteiger partial charge on any atom is -0.393 e. The van der Waals surface area contributed by atoms with E-state index < -0.39 is 0 Å². The molecule has 1 aliphatic heterocycles. The van der Waals surface area contributed by atoms with Gasteiger partial charge in [-0.15, -0.1) is 0 Å². The van der Waals surface area contributed by atoms with E-state index in [-0.39, 0.29) is 6.10 Å². The molecule has 2 heteroatoms. The van der Waals surface area contributed by atoms with Crippen molar-refractivity contribution < 1.29 is 9.84 Å². The van der Waals surface area contributed by atoms with Crippen LogP contribution in [0, 0.1) is 5.92 Å². The van der Waals surface area contributed by atoms with Gasteiger partial charge in [0.1, 0.15) is 0 Å². The Kier molecular flexibility index (Phi) is 2.69. The van der Waals surface area contributed by atoms with Crippen molar-refractivity contribution in [3.05, 3.63) is 0 Å². The van der Waals surface area contributed by atoms with Crippen molar-refractivity contribution in [3.8, 4) is 0 Å². The Hall–Kier alpha value is -0.0800. The molecule has 1 fully saturated rings. The monoisotopic (exact) mass is 144 g/mol. The maximum Gasteiger partial charge on any atom is 0.0550 e. The van der Waals surface area contributed by atoms with Crippen molar-refractivity contribution >= 4 is 0 Å². The van der Waals surface area contributed by atoms with E-state index in [2.05, 4.69) is 6.92 Å². The average molecular weight is 144 g/mol. The van der Waals surface area contributed by atoms with Gasteiger partial charge in [0.15, 0.2) is 0 Å². The standard InChI is InChI=1S/C8H16O2/c1-6-5-8(7(2)9)3-4-10-6/h6-9H,3-5H2,1-2H3. The summed E-state index contributed by atoms with van der Waals surface area (Å²) in [5, 5.41) is 9.24. The predicted octanol–water partition coefficient (Wildman–Crippen LogP) is 1.18. The minimum atomic E-state index is -0.161. The van der Waals surface area contributed by atoms with Gasteiger partial charge in [0, 0.05) is 6.61 Å². The lowest BCUT2D eigenvalue weighted by atomic mass is 9.92. The summed E-state index contributed by atoms with van der Waals surface area (Å²) in [7, 11) is 0. The van der Waals surface area contributed by atoms with Crippen molar-refractivity contribution in [2.24, 2.45) is 5.92 Å². The first-order valence-electron chi connectivity index (χ1n) is 4.00. The largest absolute Gasteiger partial charge is 0.393 e. The smallest absolute Gasteiger partial charge is 0.0550 e. The van der Waals surface area contributed by atoms with Crippen LogP contribution in [-0.4, -0.2) is 23.9 Å². The van der Waals surface area contributed by atoms with Crippen LogP contribution >= 0.6 is 0 Å². The molecule has 0 aromatic rings. The Bertz CT molecular complexity index is 101. The summed E-state index contributed by atoms with van der Waals surface area (Å²) in [5.74, 6) is 0.462. The van der Waals surface area contributed by atoms with Crippen molar-refractivity contribution in [2.45, 2.75) is 38.9 Å². The second-order valence-electron chi connectivity index (χ2n) is 3.21. The van der Waals surface area contributed by atoms with Crippen LogP contribution in [0.5, 0.6) is 0 Å². The molecule has 0 amide bonds. The predicted molar refractivity (Wildman–Crippen MR) is 39.8 cm³/mol. The van der Waals surface area contributed by atoms with Gasteiger partial charge in [-0.3, -0.25) is 0 Å². The van der Waals surface area contributed by atoms with Crippen LogP contribution in [0.2, 0.25) is 0 Å². The normalized spacial score (nSPS) is 37.5. The van der Waals surface area contributed by atoms with Crippen LogP contribution in [0.4, 0.5) is 0 Å². The maximum absolute atomic E-state index is 9.24. The molecule has 0 radical (unpaired) electrons. The van der Waals surface area contributed by atoms with Crippen LogP contribution in [0.1, 0.15) is 26.7 Å². The average Bonchev–Trinajstić information content (AvgIpc) is 1.88. The Morgan fingerprint density at radius 3 is 2.70 bits per heavy atom. The molecule has 0 aromatic heterocycles. The van der Waals surface area contributed by atoms with Gasteiger partial charge < -0.3 is 9.84 Å². The molecule has 1 saturated heterocycles. The third-order valence-corrected chi connectivity index (χ3v) is 2.21. The van der Waals surface area contributed by atoms with E-state index in [1.54, 1.807) is 0 Å². The van der Waals surface area contributed by atoms with E-state index in [1.807, 2.05) is 6.92 Å². The molecule has 0 spiro atoms. The molecule has 0 bridgehead atoms. The Balaban J connectivity index is 2.32. The lowest BCUT2D eigenvalue weighted by Crippen LogP contribution is -2.29. The Morgan fingerprint density at radius 1 is 1.60 bits per heavy atom. The van der Waals surface area contributed by atoms with Crippen LogP contribution in [-0.2, 0) is 4.74 Å². The highest BCUT2D eigenvalue weighted by Gasteiger charge is 2.22. The highest BCUT2D eigenvalue weighted by Crippen LogP contribution is 2.22. The van der Waals surface area contributed by atoms with E-state index in [4.69, 9.17) is 4.74 Å². The highest BCUT2D eigenvalue weighted by atomic mass is 16.5. The third-order valence-electron chi connectivity index (χ3n) is 2.21. The second kappa shape index (κ2) is 3.35. The summed E-state index contributed by atoms with van der Waals surface area (Å²) in [4.78, 5) is 0. The maximum atomic E-state index is 9.24. The quantitative estimate of drug-likeness (QED) is 0.599. The van der Waals surface area contributed by atoms with E-state index in [1.165, 1.54) is 0 Å². The molecule has 3 atom stereocenters. The molecule has 1 aliphatic rings. The van der Waals surface area contributed by atoms with E-state index in [9.17, 15) is 5.11 Å². The number of aliphatic hydroxyl groups is 1. The lowest BCUT2D eigenvalue weighted by Gasteiger charge is -2.28. The van der Waals surface area contributed by atoms with E-state index in [0.717, 1.165) is 19.4 Å². The molecule has 0 saturated carbocycles. The summed E-state index contributed by atoms with van der Waals surface area (Å²) in [5.41, 5.74) is 0. The fraction of sp³-hybridized carbons (Fsp3) is 1.00. The molecule has 0 aliphatic carbocycles. The summed E-state index contributed by atoms with van der Waals surface area (Å²) in [6.45, 7) is 4.74. The summed E-state index contributed by atoms with van der Waals surface area (Å²) in [6.07, 6.45) is 2.21. The van der Waals surface area contributed by atoms with Gasteiger partial charge in [0.05, 0.1) is 12.2 Å². The van der Waals surface area contributed by atoms with Gasteiger partial charge in [-0.05, 0) is 32.6 Å². The van der Waals surface area contributed by atoms with Crippen molar-refractivity contribution in [1.29, 1.82) is 0 Å². The van der Waals surface area contributed by atoms with Gasteiger partial charge in [0.25, 0.3) is 0 Å². The molecule has 3 unspecified atom stereocenters. The van der Waals surface area contributed by atoms with Crippen molar-refractivity contribution in [1.82, 2.24) is 0 Å². The number of hydrogen-bond acceptors (Lipinski definition) is 2. The zero-order valence-electron chi connectivity index (χ0n) is 6.71. The number of aliphatic hydroxyl groups excluding tert-OH is 1. The first-order valence-corrected chi connectivity index (χ1v) is 4.00. The fourth-order valence-electron chi connectivity index (χ4n) is 1.47. The van der Waals surface area contributed by atoms with Crippen LogP contribution in [0.3, 0.4) is 0 Å². The minimum absolute atomic E-state index is 0.161. The zero-order valence-corrected chi connectivity index (χ0v) is 6.71. The van der Waals surface area contributed by atoms with Gasteiger partial charge >= 0.3 is 0 Å². The molecule has 1 N–H and O–H groups in total. The Morgan fingerprint density at radius 2 is 2.30 bits per heavy atom. The third kappa shape index (κ3) is 1.96. The van der Waals surface area contributed by atoms with Gasteiger partial charge in [-0.1, -0.05) is 0 Å². The number of ether oxygens (including phenoxy) is 1. The van der Waals surface area contributed by atoms with Gasteiger partial charge in [-0.2, -0.15) is 0 Å². The molecule has 2 nitrogen and oxygen atoms in total. The number of rotatable bonds is 1. The second-order valence-corrected chi connectivity index (χ2v) is 3.21. The first-order chi connectivity index (χ1) is 4.70. The topological polar surface area (TPSA) is 29.5 Å². The van der Waals surface area contributed by atoms with Gasteiger partial charge in [-0.25, -0.2) is 0 Å². The molecule has 1 heterocycles. The fourth-order valence-corrected chi connectivity index (χ4v) is 1.47. The summed E-state index contributed by atoms with van der Waals surface area (Å²) >= 11 is 0. The number of hydrogen-bond donors (Lipinski definition) is 1. The first kappa shape index (κ1) is 8.02. The molecule has 0 aromatic carbocycles. The van der Waals surface area contributed by atoms with Crippen molar-refractivity contribution in [2.75, 3.05) is 6.61 Å². The zero-order chi connectivity index (χ0) is 7.56. The molecular weight excluding hydrogens is 128 g/mol. The lowest BCUT2D eigenvalue weighted by molar-refractivity contribution is -0.0305. The van der Waals surface area contributed by atoms with Crippen LogP contribution in [0.25, 0.3) is 0 Å². The Labute approximate surface area is 62.2 Å². The SMILES string of the molecule is CC1CC(C(C)O)CCO1. The van der Waals surface area contributed by atoms with Crippen LogP contribution in [0.15, 0.2) is 0 Å². The van der Waals surface area contributed by atoms with E-state index in [0.29, 0.717) is 12.0 Å². The summed E-state index contributed by atoms with van der Waals surface area (Å²) < 4.78 is 5.35. The molecular formula is C8H16O2. The molecule has 1 rings (SSSR count). The van der Waals surface area contributed by atoms with Crippen LogP contribution < -0.4 is 0 Å².